The predicted octanol–water partition coefficient (Wildman–Crippen LogP) is 0.984. The van der Waals surface area contributed by atoms with Crippen LogP contribution < -0.4 is 10.6 Å². The van der Waals surface area contributed by atoms with Gasteiger partial charge in [-0.25, -0.2) is 0 Å². The molecule has 1 fully saturated rings. The first-order valence-electron chi connectivity index (χ1n) is 5.68. The molecule has 1 amide bonds. The Morgan fingerprint density at radius 1 is 1.65 bits per heavy atom. The van der Waals surface area contributed by atoms with Crippen molar-refractivity contribution < 1.29 is 9.90 Å². The zero-order valence-corrected chi connectivity index (χ0v) is 12.3. The fraction of sp³-hybridized carbons (Fsp3) is 0.909. The number of halogens is 1. The topological polar surface area (TPSA) is 61.4 Å². The molecule has 2 atom stereocenters. The van der Waals surface area contributed by atoms with Gasteiger partial charge in [0, 0.05) is 18.2 Å². The van der Waals surface area contributed by atoms with E-state index in [0.29, 0.717) is 13.0 Å². The molecule has 0 aliphatic carbocycles. The standard InChI is InChI=1S/C11H22N2O2S.ClH/c1-8(14)4-11(2,3)6-12-10(15)9-5-16-7-13-9;/h8-9,13-14H,4-7H2,1-3H3,(H,12,15);1H. The number of aliphatic hydroxyl groups is 1. The molecule has 0 bridgehead atoms. The third-order valence-corrected chi connectivity index (χ3v) is 3.56. The molecule has 1 saturated heterocycles. The van der Waals surface area contributed by atoms with E-state index in [-0.39, 0.29) is 35.9 Å². The van der Waals surface area contributed by atoms with Crippen molar-refractivity contribution in [2.45, 2.75) is 39.3 Å². The summed E-state index contributed by atoms with van der Waals surface area (Å²) in [5, 5.41) is 15.4. The van der Waals surface area contributed by atoms with Crippen LogP contribution in [0.5, 0.6) is 0 Å². The highest BCUT2D eigenvalue weighted by Crippen LogP contribution is 2.21. The molecule has 17 heavy (non-hydrogen) atoms. The summed E-state index contributed by atoms with van der Waals surface area (Å²) >= 11 is 1.74. The van der Waals surface area contributed by atoms with Gasteiger partial charge in [-0.3, -0.25) is 10.1 Å². The Hall–Kier alpha value is 0.0300. The van der Waals surface area contributed by atoms with Crippen LogP contribution >= 0.6 is 24.2 Å². The van der Waals surface area contributed by atoms with Crippen LogP contribution in [0.2, 0.25) is 0 Å². The van der Waals surface area contributed by atoms with Gasteiger partial charge >= 0.3 is 0 Å². The zero-order chi connectivity index (χ0) is 12.2. The van der Waals surface area contributed by atoms with Crippen molar-refractivity contribution in [2.75, 3.05) is 18.2 Å². The zero-order valence-electron chi connectivity index (χ0n) is 10.7. The Morgan fingerprint density at radius 2 is 2.29 bits per heavy atom. The monoisotopic (exact) mass is 282 g/mol. The fourth-order valence-electron chi connectivity index (χ4n) is 1.89. The maximum atomic E-state index is 11.7. The second kappa shape index (κ2) is 7.46. The van der Waals surface area contributed by atoms with Crippen molar-refractivity contribution in [2.24, 2.45) is 5.41 Å². The number of hydrogen-bond acceptors (Lipinski definition) is 4. The summed E-state index contributed by atoms with van der Waals surface area (Å²) in [7, 11) is 0. The number of rotatable bonds is 5. The summed E-state index contributed by atoms with van der Waals surface area (Å²) in [4.78, 5) is 11.7. The maximum Gasteiger partial charge on any atom is 0.238 e. The van der Waals surface area contributed by atoms with Crippen LogP contribution in [0.25, 0.3) is 0 Å². The minimum absolute atomic E-state index is 0. The van der Waals surface area contributed by atoms with Crippen molar-refractivity contribution in [3.63, 3.8) is 0 Å². The fourth-order valence-corrected chi connectivity index (χ4v) is 2.83. The summed E-state index contributed by atoms with van der Waals surface area (Å²) in [6.07, 6.45) is 0.368. The highest BCUT2D eigenvalue weighted by Gasteiger charge is 2.25. The summed E-state index contributed by atoms with van der Waals surface area (Å²) in [6.45, 7) is 6.49. The molecule has 0 aromatic heterocycles. The van der Waals surface area contributed by atoms with Gasteiger partial charge in [-0.2, -0.15) is 0 Å². The van der Waals surface area contributed by atoms with Gasteiger partial charge in [-0.1, -0.05) is 13.8 Å². The summed E-state index contributed by atoms with van der Waals surface area (Å²) < 4.78 is 0. The molecule has 4 nitrogen and oxygen atoms in total. The van der Waals surface area contributed by atoms with Gasteiger partial charge in [0.25, 0.3) is 0 Å². The van der Waals surface area contributed by atoms with E-state index in [9.17, 15) is 9.90 Å². The van der Waals surface area contributed by atoms with Crippen LogP contribution in [-0.4, -0.2) is 41.3 Å². The van der Waals surface area contributed by atoms with E-state index in [1.54, 1.807) is 18.7 Å². The highest BCUT2D eigenvalue weighted by atomic mass is 35.5. The lowest BCUT2D eigenvalue weighted by Gasteiger charge is -2.27. The van der Waals surface area contributed by atoms with Gasteiger partial charge in [0.15, 0.2) is 0 Å². The van der Waals surface area contributed by atoms with E-state index >= 15 is 0 Å². The summed E-state index contributed by atoms with van der Waals surface area (Å²) in [6, 6.07) is -0.0488. The van der Waals surface area contributed by atoms with Crippen molar-refractivity contribution in [3.05, 3.63) is 0 Å². The van der Waals surface area contributed by atoms with E-state index in [4.69, 9.17) is 0 Å². The SMILES string of the molecule is CC(O)CC(C)(C)CNC(=O)C1CSCN1.Cl. The van der Waals surface area contributed by atoms with Gasteiger partial charge in [0.2, 0.25) is 5.91 Å². The number of amides is 1. The largest absolute Gasteiger partial charge is 0.393 e. The third-order valence-electron chi connectivity index (χ3n) is 2.62. The van der Waals surface area contributed by atoms with Gasteiger partial charge < -0.3 is 10.4 Å². The molecule has 0 radical (unpaired) electrons. The van der Waals surface area contributed by atoms with Crippen molar-refractivity contribution in [3.8, 4) is 0 Å². The Balaban J connectivity index is 0.00000256. The Morgan fingerprint density at radius 3 is 2.76 bits per heavy atom. The molecule has 3 N–H and O–H groups in total. The van der Waals surface area contributed by atoms with Crippen molar-refractivity contribution >= 4 is 30.1 Å². The lowest BCUT2D eigenvalue weighted by atomic mass is 9.87. The van der Waals surface area contributed by atoms with Crippen LogP contribution in [-0.2, 0) is 4.79 Å². The summed E-state index contributed by atoms with van der Waals surface area (Å²) in [5.74, 6) is 1.78. The van der Waals surface area contributed by atoms with E-state index < -0.39 is 0 Å². The molecule has 1 aliphatic rings. The molecule has 1 heterocycles. The maximum absolute atomic E-state index is 11.7. The number of hydrogen-bond donors (Lipinski definition) is 3. The number of carbonyl (C=O) groups is 1. The molecule has 0 saturated carbocycles. The molecule has 0 spiro atoms. The molecule has 1 rings (SSSR count). The summed E-state index contributed by atoms with van der Waals surface area (Å²) in [5.41, 5.74) is -0.0599. The minimum Gasteiger partial charge on any atom is -0.393 e. The van der Waals surface area contributed by atoms with Crippen molar-refractivity contribution in [1.82, 2.24) is 10.6 Å². The lowest BCUT2D eigenvalue weighted by molar-refractivity contribution is -0.122. The van der Waals surface area contributed by atoms with Crippen LogP contribution in [0.1, 0.15) is 27.2 Å². The molecule has 2 unspecified atom stereocenters. The van der Waals surface area contributed by atoms with Crippen LogP contribution in [0, 0.1) is 5.41 Å². The number of nitrogens with one attached hydrogen (secondary N) is 2. The van der Waals surface area contributed by atoms with E-state index in [0.717, 1.165) is 11.6 Å². The highest BCUT2D eigenvalue weighted by molar-refractivity contribution is 7.99. The van der Waals surface area contributed by atoms with Gasteiger partial charge in [0.1, 0.15) is 0 Å². The number of thioether (sulfide) groups is 1. The quantitative estimate of drug-likeness (QED) is 0.704. The average molecular weight is 283 g/mol. The Bertz CT molecular complexity index is 244. The third kappa shape index (κ3) is 6.50. The molecule has 102 valence electrons. The molecule has 6 heteroatoms. The van der Waals surface area contributed by atoms with Gasteiger partial charge in [0.05, 0.1) is 12.1 Å². The Kier molecular flexibility index (Phi) is 7.47. The molecule has 0 aromatic carbocycles. The lowest BCUT2D eigenvalue weighted by Crippen LogP contribution is -2.45. The van der Waals surface area contributed by atoms with E-state index in [2.05, 4.69) is 24.5 Å². The van der Waals surface area contributed by atoms with E-state index in [1.165, 1.54) is 0 Å². The second-order valence-electron chi connectivity index (χ2n) is 5.21. The second-order valence-corrected chi connectivity index (χ2v) is 6.24. The van der Waals surface area contributed by atoms with Gasteiger partial charge in [-0.05, 0) is 18.8 Å². The van der Waals surface area contributed by atoms with Crippen LogP contribution in [0.4, 0.5) is 0 Å². The van der Waals surface area contributed by atoms with Gasteiger partial charge in [-0.15, -0.1) is 24.2 Å². The predicted molar refractivity (Wildman–Crippen MR) is 74.6 cm³/mol. The molecular weight excluding hydrogens is 260 g/mol. The first-order chi connectivity index (χ1) is 7.41. The molecular formula is C11H23ClN2O2S. The molecule has 1 aliphatic heterocycles. The first kappa shape index (κ1) is 17.0. The average Bonchev–Trinajstić information content (AvgIpc) is 2.64. The normalized spacial score (nSPS) is 21.8. The number of carbonyl (C=O) groups excluding carboxylic acids is 1. The van der Waals surface area contributed by atoms with E-state index in [1.807, 2.05) is 0 Å². The van der Waals surface area contributed by atoms with Crippen LogP contribution in [0.15, 0.2) is 0 Å². The smallest absolute Gasteiger partial charge is 0.238 e. The minimum atomic E-state index is -0.327. The molecule has 0 aromatic rings. The van der Waals surface area contributed by atoms with Crippen LogP contribution in [0.3, 0.4) is 0 Å². The number of aliphatic hydroxyl groups excluding tert-OH is 1. The van der Waals surface area contributed by atoms with Crippen molar-refractivity contribution in [1.29, 1.82) is 0 Å². The first-order valence-corrected chi connectivity index (χ1v) is 6.83. The Labute approximate surface area is 114 Å².